The Kier molecular flexibility index (Phi) is 6.98. The molecule has 0 saturated carbocycles. The Morgan fingerprint density at radius 2 is 1.43 bits per heavy atom. The minimum Gasteiger partial charge on any atom is -0.326 e. The maximum atomic E-state index is 14.9. The number of benzene rings is 3. The third kappa shape index (κ3) is 4.76. The van der Waals surface area contributed by atoms with Crippen molar-refractivity contribution in [3.05, 3.63) is 119 Å². The van der Waals surface area contributed by atoms with E-state index >= 15 is 0 Å². The number of allylic oxidation sites excluding steroid dienone is 1. The van der Waals surface area contributed by atoms with Crippen LogP contribution in [0, 0.1) is 5.82 Å². The van der Waals surface area contributed by atoms with E-state index < -0.39 is 40.7 Å². The number of nitrogens with one attached hydrogen (secondary N) is 1. The zero-order chi connectivity index (χ0) is 26.8. The summed E-state index contributed by atoms with van der Waals surface area (Å²) in [5.41, 5.74) is -4.30. The molecule has 0 bridgehead atoms. The van der Waals surface area contributed by atoms with Gasteiger partial charge in [-0.05, 0) is 43.2 Å². The van der Waals surface area contributed by atoms with E-state index in [-0.39, 0.29) is 29.8 Å². The fourth-order valence-electron chi connectivity index (χ4n) is 4.38. The molecule has 0 saturated heterocycles. The summed E-state index contributed by atoms with van der Waals surface area (Å²) in [6.45, 7) is 1.11. The highest BCUT2D eigenvalue weighted by Crippen LogP contribution is 2.46. The number of carbonyl (C=O) groups is 3. The zero-order valence-electron chi connectivity index (χ0n) is 19.7. The summed E-state index contributed by atoms with van der Waals surface area (Å²) < 4.78 is 58.1. The first-order chi connectivity index (χ1) is 17.6. The fourth-order valence-corrected chi connectivity index (χ4v) is 4.38. The molecule has 5 nitrogen and oxygen atoms in total. The maximum absolute atomic E-state index is 14.9. The second-order valence-corrected chi connectivity index (χ2v) is 8.56. The van der Waals surface area contributed by atoms with Crippen molar-refractivity contribution < 1.29 is 31.9 Å². The van der Waals surface area contributed by atoms with Crippen molar-refractivity contribution in [3.63, 3.8) is 0 Å². The number of rotatable bonds is 7. The van der Waals surface area contributed by atoms with Crippen molar-refractivity contribution in [3.8, 4) is 0 Å². The second-order valence-electron chi connectivity index (χ2n) is 8.56. The van der Waals surface area contributed by atoms with Crippen LogP contribution in [0.5, 0.6) is 0 Å². The number of ketones is 1. The smallest absolute Gasteiger partial charge is 0.326 e. The highest BCUT2D eigenvalue weighted by molar-refractivity contribution is 6.19. The van der Waals surface area contributed by atoms with E-state index in [9.17, 15) is 31.9 Å². The molecule has 0 unspecified atom stereocenters. The SMILES string of the molecule is CC1=C(C(=O)c2ccccc2)[C@](NC(=O)c2ccc(F)cc2)(C(F)(F)F)C(=O)N1CCc1ccccc1. The van der Waals surface area contributed by atoms with Crippen LogP contribution in [0.4, 0.5) is 17.6 Å². The summed E-state index contributed by atoms with van der Waals surface area (Å²) in [6.07, 6.45) is -5.15. The number of halogens is 4. The predicted octanol–water partition coefficient (Wildman–Crippen LogP) is 5.10. The van der Waals surface area contributed by atoms with Crippen molar-refractivity contribution in [2.45, 2.75) is 25.1 Å². The van der Waals surface area contributed by atoms with Crippen molar-refractivity contribution in [1.82, 2.24) is 10.2 Å². The average Bonchev–Trinajstić information content (AvgIpc) is 3.10. The maximum Gasteiger partial charge on any atom is 0.425 e. The molecule has 1 heterocycles. The number of Topliss-reactive ketones (excluding diaryl/α,β-unsaturated/α-hetero) is 1. The molecule has 1 aliphatic heterocycles. The largest absolute Gasteiger partial charge is 0.425 e. The lowest BCUT2D eigenvalue weighted by atomic mass is 9.84. The molecule has 0 aromatic heterocycles. The minimum absolute atomic E-state index is 0.0702. The van der Waals surface area contributed by atoms with E-state index in [1.807, 2.05) is 5.32 Å². The predicted molar refractivity (Wildman–Crippen MR) is 128 cm³/mol. The van der Waals surface area contributed by atoms with E-state index in [2.05, 4.69) is 0 Å². The van der Waals surface area contributed by atoms with Crippen LogP contribution in [0.25, 0.3) is 0 Å². The van der Waals surface area contributed by atoms with E-state index in [1.54, 1.807) is 36.4 Å². The Morgan fingerprint density at radius 3 is 2.00 bits per heavy atom. The topological polar surface area (TPSA) is 66.5 Å². The highest BCUT2D eigenvalue weighted by atomic mass is 19.4. The first kappa shape index (κ1) is 25.8. The van der Waals surface area contributed by atoms with Crippen molar-refractivity contribution in [1.29, 1.82) is 0 Å². The lowest BCUT2D eigenvalue weighted by molar-refractivity contribution is -0.189. The van der Waals surface area contributed by atoms with Gasteiger partial charge in [0.25, 0.3) is 11.8 Å². The van der Waals surface area contributed by atoms with Gasteiger partial charge in [-0.25, -0.2) is 4.39 Å². The summed E-state index contributed by atoms with van der Waals surface area (Å²) in [4.78, 5) is 41.0. The molecule has 1 N–H and O–H groups in total. The van der Waals surface area contributed by atoms with Crippen LogP contribution in [-0.4, -0.2) is 40.8 Å². The minimum atomic E-state index is -5.37. The Labute approximate surface area is 210 Å². The molecule has 4 rings (SSSR count). The van der Waals surface area contributed by atoms with Crippen LogP contribution in [0.2, 0.25) is 0 Å². The van der Waals surface area contributed by atoms with Gasteiger partial charge in [-0.1, -0.05) is 60.7 Å². The number of hydrogen-bond donors (Lipinski definition) is 1. The molecule has 37 heavy (non-hydrogen) atoms. The summed E-state index contributed by atoms with van der Waals surface area (Å²) in [7, 11) is 0. The summed E-state index contributed by atoms with van der Waals surface area (Å²) >= 11 is 0. The van der Waals surface area contributed by atoms with Gasteiger partial charge in [-0.15, -0.1) is 0 Å². The Morgan fingerprint density at radius 1 is 0.865 bits per heavy atom. The third-order valence-corrected chi connectivity index (χ3v) is 6.27. The van der Waals surface area contributed by atoms with Crippen molar-refractivity contribution in [2.24, 2.45) is 0 Å². The van der Waals surface area contributed by atoms with Crippen molar-refractivity contribution >= 4 is 17.6 Å². The Hall–Kier alpha value is -4.27. The first-order valence-electron chi connectivity index (χ1n) is 11.4. The quantitative estimate of drug-likeness (QED) is 0.355. The van der Waals surface area contributed by atoms with Gasteiger partial charge >= 0.3 is 6.18 Å². The number of hydrogen-bond acceptors (Lipinski definition) is 3. The van der Waals surface area contributed by atoms with E-state index in [1.165, 1.54) is 31.2 Å². The Balaban J connectivity index is 1.83. The molecule has 9 heteroatoms. The van der Waals surface area contributed by atoms with Gasteiger partial charge in [0, 0.05) is 23.4 Å². The van der Waals surface area contributed by atoms with Gasteiger partial charge in [0.2, 0.25) is 5.54 Å². The van der Waals surface area contributed by atoms with E-state index in [4.69, 9.17) is 0 Å². The number of alkyl halides is 3. The second kappa shape index (κ2) is 10.0. The van der Waals surface area contributed by atoms with Crippen LogP contribution in [0.1, 0.15) is 33.2 Å². The van der Waals surface area contributed by atoms with Crippen molar-refractivity contribution in [2.75, 3.05) is 6.54 Å². The molecule has 2 amide bonds. The van der Waals surface area contributed by atoms with Crippen LogP contribution >= 0.6 is 0 Å². The van der Waals surface area contributed by atoms with Gasteiger partial charge in [0.15, 0.2) is 5.78 Å². The standard InChI is InChI=1S/C28H22F4N2O3/c1-18-23(24(35)20-10-6-3-7-11-20)27(28(30,31)32,33-25(36)21-12-14-22(29)15-13-21)26(37)34(18)17-16-19-8-4-2-5-9-19/h2-15H,16-17H2,1H3,(H,33,36)/t27-/m1/s1. The monoisotopic (exact) mass is 510 g/mol. The third-order valence-electron chi connectivity index (χ3n) is 6.27. The molecular formula is C28H22F4N2O3. The molecule has 0 spiro atoms. The van der Waals surface area contributed by atoms with E-state index in [0.717, 1.165) is 34.7 Å². The molecule has 1 aliphatic rings. The lowest BCUT2D eigenvalue weighted by Gasteiger charge is -2.33. The Bertz CT molecular complexity index is 1350. The molecule has 0 aliphatic carbocycles. The van der Waals surface area contributed by atoms with Crippen LogP contribution in [-0.2, 0) is 11.2 Å². The highest BCUT2D eigenvalue weighted by Gasteiger charge is 2.70. The van der Waals surface area contributed by atoms with Gasteiger partial charge in [0.05, 0.1) is 5.57 Å². The summed E-state index contributed by atoms with van der Waals surface area (Å²) in [5, 5.41) is 1.82. The lowest BCUT2D eigenvalue weighted by Crippen LogP contribution is -2.66. The van der Waals surface area contributed by atoms with Gasteiger partial charge < -0.3 is 10.2 Å². The molecule has 190 valence electrons. The van der Waals surface area contributed by atoms with Crippen LogP contribution < -0.4 is 5.32 Å². The number of nitrogens with zero attached hydrogens (tertiary/aromatic N) is 1. The number of carbonyl (C=O) groups excluding carboxylic acids is 3. The normalized spacial score (nSPS) is 17.8. The average molecular weight is 510 g/mol. The van der Waals surface area contributed by atoms with Crippen LogP contribution in [0.15, 0.2) is 96.2 Å². The van der Waals surface area contributed by atoms with Gasteiger partial charge in [-0.2, -0.15) is 13.2 Å². The summed E-state index contributed by atoms with van der Waals surface area (Å²) in [5.74, 6) is -4.49. The fraction of sp³-hybridized carbons (Fsp3) is 0.179. The number of amides is 2. The molecule has 3 aromatic carbocycles. The summed E-state index contributed by atoms with van der Waals surface area (Å²) in [6, 6.07) is 19.9. The zero-order valence-corrected chi connectivity index (χ0v) is 19.7. The van der Waals surface area contributed by atoms with E-state index in [0.29, 0.717) is 0 Å². The van der Waals surface area contributed by atoms with Crippen LogP contribution in [0.3, 0.4) is 0 Å². The molecule has 1 atom stereocenters. The van der Waals surface area contributed by atoms with Gasteiger partial charge in [0.1, 0.15) is 5.82 Å². The molecular weight excluding hydrogens is 488 g/mol. The molecule has 3 aromatic rings. The molecule has 0 radical (unpaired) electrons. The first-order valence-corrected chi connectivity index (χ1v) is 11.4. The van der Waals surface area contributed by atoms with Gasteiger partial charge in [-0.3, -0.25) is 14.4 Å². The molecule has 0 fully saturated rings.